The number of nitrogens with one attached hydrogen (secondary N) is 2. The summed E-state index contributed by atoms with van der Waals surface area (Å²) in [5.41, 5.74) is 0.836. The molecular weight excluding hydrogens is 427 g/mol. The number of hydrogen-bond acceptors (Lipinski definition) is 5. The maximum Gasteiger partial charge on any atom is 0.265 e. The molecule has 2 N–H and O–H groups in total. The molecule has 134 valence electrons. The Morgan fingerprint density at radius 1 is 1.42 bits per heavy atom. The molecular formula is C16H12BrFN4O3S. The molecule has 0 unspecified atom stereocenters. The number of rotatable bonds is 5. The molecule has 0 saturated heterocycles. The average molecular weight is 439 g/mol. The van der Waals surface area contributed by atoms with Crippen molar-refractivity contribution in [1.29, 1.82) is 5.26 Å². The minimum absolute atomic E-state index is 0.0199. The number of anilines is 1. The van der Waals surface area contributed by atoms with Crippen LogP contribution in [-0.4, -0.2) is 25.5 Å². The molecule has 0 amide bonds. The monoisotopic (exact) mass is 438 g/mol. The molecule has 0 aliphatic heterocycles. The number of pyridine rings is 1. The number of nitriles is 1. The topological polar surface area (TPSA) is 108 Å². The lowest BCUT2D eigenvalue weighted by molar-refractivity contribution is 0.392. The summed E-state index contributed by atoms with van der Waals surface area (Å²) in [6.45, 7) is 0. The second kappa shape index (κ2) is 6.93. The number of nitrogens with zero attached hydrogens (tertiary/aromatic N) is 2. The van der Waals surface area contributed by atoms with Gasteiger partial charge in [-0.2, -0.15) is 10.2 Å². The van der Waals surface area contributed by atoms with E-state index in [0.29, 0.717) is 10.9 Å². The van der Waals surface area contributed by atoms with Crippen LogP contribution in [0.25, 0.3) is 10.9 Å². The number of ether oxygens (including phenoxy) is 1. The Hall–Kier alpha value is -2.64. The number of hydrogen-bond donors (Lipinski definition) is 2. The van der Waals surface area contributed by atoms with Crippen LogP contribution >= 0.6 is 15.9 Å². The Labute approximate surface area is 157 Å². The van der Waals surface area contributed by atoms with Crippen molar-refractivity contribution >= 4 is 42.7 Å². The summed E-state index contributed by atoms with van der Waals surface area (Å²) in [5, 5.41) is 9.21. The molecule has 1 aromatic carbocycles. The molecule has 3 rings (SSSR count). The highest BCUT2D eigenvalue weighted by Crippen LogP contribution is 2.29. The number of halogens is 2. The third kappa shape index (κ3) is 3.36. The van der Waals surface area contributed by atoms with E-state index in [0.717, 1.165) is 10.5 Å². The predicted octanol–water partition coefficient (Wildman–Crippen LogP) is 3.34. The summed E-state index contributed by atoms with van der Waals surface area (Å²) in [6.07, 6.45) is 1.20. The maximum absolute atomic E-state index is 14.3. The van der Waals surface area contributed by atoms with Gasteiger partial charge in [0.15, 0.2) is 11.6 Å². The van der Waals surface area contributed by atoms with Crippen molar-refractivity contribution in [2.45, 2.75) is 11.3 Å². The van der Waals surface area contributed by atoms with E-state index in [2.05, 4.69) is 30.6 Å². The zero-order valence-electron chi connectivity index (χ0n) is 13.4. The second-order valence-electron chi connectivity index (χ2n) is 5.27. The van der Waals surface area contributed by atoms with Gasteiger partial charge in [-0.15, -0.1) is 0 Å². The molecule has 0 spiro atoms. The molecule has 0 atom stereocenters. The van der Waals surface area contributed by atoms with Crippen molar-refractivity contribution in [3.8, 4) is 11.9 Å². The summed E-state index contributed by atoms with van der Waals surface area (Å²) >= 11 is 3.31. The smallest absolute Gasteiger partial charge is 0.265 e. The van der Waals surface area contributed by atoms with E-state index in [-0.39, 0.29) is 22.8 Å². The standard InChI is InChI=1S/C16H12BrFN4O3S/c1-25-16-9(4-5-19)6-12(18)15(21-16)22-26(23,24)14-8-20-13-7-10(17)2-3-11(13)14/h2-3,6-8,20H,4H2,1H3,(H,21,22). The Bertz CT molecular complexity index is 1140. The van der Waals surface area contributed by atoms with E-state index in [1.165, 1.54) is 13.3 Å². The lowest BCUT2D eigenvalue weighted by Crippen LogP contribution is -2.15. The largest absolute Gasteiger partial charge is 0.481 e. The first-order chi connectivity index (χ1) is 12.4. The quantitative estimate of drug-likeness (QED) is 0.634. The van der Waals surface area contributed by atoms with E-state index in [9.17, 15) is 12.8 Å². The van der Waals surface area contributed by atoms with E-state index >= 15 is 0 Å². The Morgan fingerprint density at radius 3 is 2.88 bits per heavy atom. The fourth-order valence-electron chi connectivity index (χ4n) is 2.45. The van der Waals surface area contributed by atoms with Gasteiger partial charge in [0, 0.05) is 27.1 Å². The fraction of sp³-hybridized carbons (Fsp3) is 0.125. The van der Waals surface area contributed by atoms with E-state index in [4.69, 9.17) is 10.00 Å². The van der Waals surface area contributed by atoms with Crippen LogP contribution in [0, 0.1) is 17.1 Å². The van der Waals surface area contributed by atoms with Crippen molar-refractivity contribution in [2.24, 2.45) is 0 Å². The highest BCUT2D eigenvalue weighted by molar-refractivity contribution is 9.10. The van der Waals surface area contributed by atoms with Crippen molar-refractivity contribution in [3.05, 3.63) is 46.3 Å². The van der Waals surface area contributed by atoms with Gasteiger partial charge in [-0.25, -0.2) is 12.8 Å². The molecule has 0 fully saturated rings. The van der Waals surface area contributed by atoms with Gasteiger partial charge in [-0.1, -0.05) is 22.0 Å². The van der Waals surface area contributed by atoms with Gasteiger partial charge in [0.05, 0.1) is 19.6 Å². The molecule has 7 nitrogen and oxygen atoms in total. The van der Waals surface area contributed by atoms with Gasteiger partial charge in [-0.05, 0) is 18.2 Å². The summed E-state index contributed by atoms with van der Waals surface area (Å²) < 4.78 is 47.5. The molecule has 10 heteroatoms. The molecule has 0 radical (unpaired) electrons. The van der Waals surface area contributed by atoms with Crippen molar-refractivity contribution in [3.63, 3.8) is 0 Å². The van der Waals surface area contributed by atoms with Gasteiger partial charge in [0.2, 0.25) is 5.88 Å². The highest BCUT2D eigenvalue weighted by atomic mass is 79.9. The summed E-state index contributed by atoms with van der Waals surface area (Å²) in [6, 6.07) is 7.96. The van der Waals surface area contributed by atoms with Crippen LogP contribution in [0.2, 0.25) is 0 Å². The summed E-state index contributed by atoms with van der Waals surface area (Å²) in [4.78, 5) is 6.66. The predicted molar refractivity (Wildman–Crippen MR) is 96.9 cm³/mol. The van der Waals surface area contributed by atoms with Gasteiger partial charge < -0.3 is 9.72 Å². The zero-order valence-corrected chi connectivity index (χ0v) is 15.8. The number of aromatic amines is 1. The Morgan fingerprint density at radius 2 is 2.19 bits per heavy atom. The lowest BCUT2D eigenvalue weighted by Gasteiger charge is -2.11. The molecule has 0 saturated carbocycles. The van der Waals surface area contributed by atoms with Crippen LogP contribution in [0.5, 0.6) is 5.88 Å². The van der Waals surface area contributed by atoms with Crippen molar-refractivity contribution in [2.75, 3.05) is 11.8 Å². The molecule has 3 aromatic rings. The van der Waals surface area contributed by atoms with Crippen LogP contribution in [0.3, 0.4) is 0 Å². The molecule has 0 aliphatic carbocycles. The summed E-state index contributed by atoms with van der Waals surface area (Å²) in [7, 11) is -2.80. The first-order valence-corrected chi connectivity index (χ1v) is 9.53. The van der Waals surface area contributed by atoms with Crippen molar-refractivity contribution in [1.82, 2.24) is 9.97 Å². The second-order valence-corrected chi connectivity index (χ2v) is 7.84. The third-order valence-corrected chi connectivity index (χ3v) is 5.48. The number of aromatic nitrogens is 2. The number of sulfonamides is 1. The highest BCUT2D eigenvalue weighted by Gasteiger charge is 2.23. The zero-order chi connectivity index (χ0) is 18.9. The molecule has 0 aliphatic rings. The van der Waals surface area contributed by atoms with Crippen molar-refractivity contribution < 1.29 is 17.5 Å². The van der Waals surface area contributed by atoms with Crippen LogP contribution < -0.4 is 9.46 Å². The minimum atomic E-state index is -4.10. The first kappa shape index (κ1) is 18.2. The first-order valence-electron chi connectivity index (χ1n) is 7.25. The molecule has 26 heavy (non-hydrogen) atoms. The van der Waals surface area contributed by atoms with Crippen LogP contribution in [0.15, 0.2) is 39.8 Å². The maximum atomic E-state index is 14.3. The van der Waals surface area contributed by atoms with Crippen LogP contribution in [0.4, 0.5) is 10.2 Å². The molecule has 2 aromatic heterocycles. The van der Waals surface area contributed by atoms with E-state index in [1.54, 1.807) is 18.2 Å². The number of benzene rings is 1. The lowest BCUT2D eigenvalue weighted by atomic mass is 10.2. The van der Waals surface area contributed by atoms with Gasteiger partial charge in [0.1, 0.15) is 4.90 Å². The van der Waals surface area contributed by atoms with Crippen LogP contribution in [-0.2, 0) is 16.4 Å². The van der Waals surface area contributed by atoms with E-state index < -0.39 is 21.7 Å². The van der Waals surface area contributed by atoms with Crippen LogP contribution in [0.1, 0.15) is 5.56 Å². The normalized spacial score (nSPS) is 11.3. The van der Waals surface area contributed by atoms with Gasteiger partial charge >= 0.3 is 0 Å². The Kier molecular flexibility index (Phi) is 4.84. The van der Waals surface area contributed by atoms with E-state index in [1.807, 2.05) is 6.07 Å². The average Bonchev–Trinajstić information content (AvgIpc) is 3.01. The number of fused-ring (bicyclic) bond motifs is 1. The minimum Gasteiger partial charge on any atom is -0.481 e. The molecule has 0 bridgehead atoms. The number of H-pyrrole nitrogens is 1. The van der Waals surface area contributed by atoms with Gasteiger partial charge in [-0.3, -0.25) is 4.72 Å². The van der Waals surface area contributed by atoms with Gasteiger partial charge in [0.25, 0.3) is 10.0 Å². The SMILES string of the molecule is COc1nc(NS(=O)(=O)c2c[nH]c3cc(Br)ccc23)c(F)cc1CC#N. The Balaban J connectivity index is 2.03. The fourth-order valence-corrected chi connectivity index (χ4v) is 4.00. The third-order valence-electron chi connectivity index (χ3n) is 3.60. The molecule has 2 heterocycles. The number of methoxy groups -OCH3 is 1. The summed E-state index contributed by atoms with van der Waals surface area (Å²) in [5.74, 6) is -1.43.